The topological polar surface area (TPSA) is 60.0 Å². The third-order valence-corrected chi connectivity index (χ3v) is 3.87. The Morgan fingerprint density at radius 3 is 2.33 bits per heavy atom. The lowest BCUT2D eigenvalue weighted by Gasteiger charge is -2.15. The third kappa shape index (κ3) is 4.63. The van der Waals surface area contributed by atoms with Gasteiger partial charge in [0.1, 0.15) is 5.75 Å². The number of methoxy groups -OCH3 is 3. The van der Waals surface area contributed by atoms with Gasteiger partial charge in [-0.05, 0) is 36.7 Å². The summed E-state index contributed by atoms with van der Waals surface area (Å²) in [6.45, 7) is 1.22. The van der Waals surface area contributed by atoms with Crippen LogP contribution < -0.4 is 19.5 Å². The van der Waals surface area contributed by atoms with E-state index in [9.17, 15) is 5.11 Å². The van der Waals surface area contributed by atoms with Crippen molar-refractivity contribution in [3.05, 3.63) is 53.6 Å². The average Bonchev–Trinajstić information content (AvgIpc) is 2.64. The van der Waals surface area contributed by atoms with Crippen LogP contribution in [-0.2, 0) is 6.42 Å². The van der Waals surface area contributed by atoms with Crippen LogP contribution in [0.25, 0.3) is 0 Å². The van der Waals surface area contributed by atoms with Crippen LogP contribution in [0.4, 0.5) is 0 Å². The van der Waals surface area contributed by atoms with Crippen LogP contribution in [0.1, 0.15) is 17.2 Å². The second-order valence-corrected chi connectivity index (χ2v) is 5.40. The fourth-order valence-electron chi connectivity index (χ4n) is 2.56. The van der Waals surface area contributed by atoms with Gasteiger partial charge < -0.3 is 24.6 Å². The largest absolute Gasteiger partial charge is 0.496 e. The standard InChI is InChI=1S/C19H25NO4/c1-22-17-7-5-4-6-15(17)16(21)13-20-11-10-14-8-9-18(23-2)19(12-14)24-3/h4-9,12,16,20-21H,10-11,13H2,1-3H3. The van der Waals surface area contributed by atoms with Crippen LogP contribution in [0.15, 0.2) is 42.5 Å². The number of para-hydroxylation sites is 1. The lowest BCUT2D eigenvalue weighted by Crippen LogP contribution is -2.24. The number of ether oxygens (including phenoxy) is 3. The van der Waals surface area contributed by atoms with Gasteiger partial charge in [0.05, 0.1) is 27.4 Å². The van der Waals surface area contributed by atoms with Gasteiger partial charge >= 0.3 is 0 Å². The Morgan fingerprint density at radius 2 is 1.62 bits per heavy atom. The highest BCUT2D eigenvalue weighted by Crippen LogP contribution is 2.27. The van der Waals surface area contributed by atoms with Crippen molar-refractivity contribution < 1.29 is 19.3 Å². The van der Waals surface area contributed by atoms with Crippen LogP contribution in [0.5, 0.6) is 17.2 Å². The minimum Gasteiger partial charge on any atom is -0.496 e. The summed E-state index contributed by atoms with van der Waals surface area (Å²) >= 11 is 0. The van der Waals surface area contributed by atoms with Crippen LogP contribution in [0.3, 0.4) is 0 Å². The Bertz CT molecular complexity index is 645. The second-order valence-electron chi connectivity index (χ2n) is 5.40. The normalized spacial score (nSPS) is 11.8. The van der Waals surface area contributed by atoms with Gasteiger partial charge in [-0.3, -0.25) is 0 Å². The fourth-order valence-corrected chi connectivity index (χ4v) is 2.56. The molecular weight excluding hydrogens is 306 g/mol. The van der Waals surface area contributed by atoms with E-state index in [2.05, 4.69) is 5.32 Å². The number of hydrogen-bond acceptors (Lipinski definition) is 5. The van der Waals surface area contributed by atoms with Gasteiger partial charge in [-0.1, -0.05) is 24.3 Å². The lowest BCUT2D eigenvalue weighted by molar-refractivity contribution is 0.171. The molecule has 2 N–H and O–H groups in total. The molecule has 0 radical (unpaired) electrons. The summed E-state index contributed by atoms with van der Waals surface area (Å²) in [5.41, 5.74) is 1.94. The predicted octanol–water partition coefficient (Wildman–Crippen LogP) is 2.58. The van der Waals surface area contributed by atoms with E-state index < -0.39 is 6.10 Å². The van der Waals surface area contributed by atoms with E-state index in [4.69, 9.17) is 14.2 Å². The summed E-state index contributed by atoms with van der Waals surface area (Å²) < 4.78 is 15.8. The Hall–Kier alpha value is -2.24. The van der Waals surface area contributed by atoms with Crippen molar-refractivity contribution in [1.29, 1.82) is 0 Å². The maximum atomic E-state index is 10.3. The lowest BCUT2D eigenvalue weighted by atomic mass is 10.1. The van der Waals surface area contributed by atoms with E-state index in [0.29, 0.717) is 12.3 Å². The van der Waals surface area contributed by atoms with Crippen molar-refractivity contribution in [3.8, 4) is 17.2 Å². The number of aliphatic hydroxyl groups is 1. The van der Waals surface area contributed by atoms with Crippen molar-refractivity contribution in [1.82, 2.24) is 5.32 Å². The molecule has 5 nitrogen and oxygen atoms in total. The van der Waals surface area contributed by atoms with Crippen LogP contribution in [0.2, 0.25) is 0 Å². The Morgan fingerprint density at radius 1 is 0.917 bits per heavy atom. The highest BCUT2D eigenvalue weighted by atomic mass is 16.5. The number of nitrogens with one attached hydrogen (secondary N) is 1. The molecular formula is C19H25NO4. The number of benzene rings is 2. The van der Waals surface area contributed by atoms with Crippen LogP contribution in [0, 0.1) is 0 Å². The Kier molecular flexibility index (Phi) is 6.90. The molecule has 0 aromatic heterocycles. The highest BCUT2D eigenvalue weighted by molar-refractivity contribution is 5.43. The molecule has 0 fully saturated rings. The van der Waals surface area contributed by atoms with E-state index in [1.54, 1.807) is 21.3 Å². The molecule has 0 saturated carbocycles. The van der Waals surface area contributed by atoms with Crippen molar-refractivity contribution >= 4 is 0 Å². The molecule has 130 valence electrons. The minimum atomic E-state index is -0.605. The van der Waals surface area contributed by atoms with Gasteiger partial charge in [-0.15, -0.1) is 0 Å². The monoisotopic (exact) mass is 331 g/mol. The quantitative estimate of drug-likeness (QED) is 0.692. The van der Waals surface area contributed by atoms with Crippen molar-refractivity contribution in [3.63, 3.8) is 0 Å². The van der Waals surface area contributed by atoms with Gasteiger partial charge in [0.25, 0.3) is 0 Å². The first kappa shape index (κ1) is 18.1. The highest BCUT2D eigenvalue weighted by Gasteiger charge is 2.12. The maximum absolute atomic E-state index is 10.3. The Balaban J connectivity index is 1.84. The zero-order valence-electron chi connectivity index (χ0n) is 14.4. The second kappa shape index (κ2) is 9.15. The molecule has 0 amide bonds. The van der Waals surface area contributed by atoms with Gasteiger partial charge in [0.15, 0.2) is 11.5 Å². The van der Waals surface area contributed by atoms with E-state index in [1.807, 2.05) is 42.5 Å². The Labute approximate surface area is 143 Å². The molecule has 0 bridgehead atoms. The van der Waals surface area contributed by atoms with Gasteiger partial charge in [0, 0.05) is 12.1 Å². The SMILES string of the molecule is COc1ccc(CCNCC(O)c2ccccc2OC)cc1OC. The summed E-state index contributed by atoms with van der Waals surface area (Å²) in [5, 5.41) is 13.6. The summed E-state index contributed by atoms with van der Waals surface area (Å²) in [4.78, 5) is 0. The molecule has 1 atom stereocenters. The average molecular weight is 331 g/mol. The first-order chi connectivity index (χ1) is 11.7. The minimum absolute atomic E-state index is 0.466. The zero-order chi connectivity index (χ0) is 17.4. The molecule has 0 aliphatic rings. The van der Waals surface area contributed by atoms with Crippen LogP contribution in [-0.4, -0.2) is 39.5 Å². The number of rotatable bonds is 9. The molecule has 5 heteroatoms. The molecule has 0 aliphatic carbocycles. The molecule has 1 unspecified atom stereocenters. The first-order valence-electron chi connectivity index (χ1n) is 7.92. The van der Waals surface area contributed by atoms with Crippen molar-refractivity contribution in [2.24, 2.45) is 0 Å². The zero-order valence-corrected chi connectivity index (χ0v) is 14.4. The summed E-state index contributed by atoms with van der Waals surface area (Å²) in [6.07, 6.45) is 0.227. The first-order valence-corrected chi connectivity index (χ1v) is 7.92. The van der Waals surface area contributed by atoms with E-state index in [-0.39, 0.29) is 0 Å². The molecule has 0 aliphatic heterocycles. The third-order valence-electron chi connectivity index (χ3n) is 3.87. The van der Waals surface area contributed by atoms with Crippen molar-refractivity contribution in [2.75, 3.05) is 34.4 Å². The van der Waals surface area contributed by atoms with Gasteiger partial charge in [0.2, 0.25) is 0 Å². The van der Waals surface area contributed by atoms with E-state index in [0.717, 1.165) is 35.6 Å². The van der Waals surface area contributed by atoms with Crippen molar-refractivity contribution in [2.45, 2.75) is 12.5 Å². The maximum Gasteiger partial charge on any atom is 0.160 e. The predicted molar refractivity (Wildman–Crippen MR) is 94.1 cm³/mol. The van der Waals surface area contributed by atoms with E-state index in [1.165, 1.54) is 0 Å². The van der Waals surface area contributed by atoms with Gasteiger partial charge in [-0.25, -0.2) is 0 Å². The summed E-state index contributed by atoms with van der Waals surface area (Å²) in [6, 6.07) is 13.4. The molecule has 2 aromatic carbocycles. The molecule has 2 aromatic rings. The summed E-state index contributed by atoms with van der Waals surface area (Å²) in [7, 11) is 4.86. The van der Waals surface area contributed by atoms with Crippen LogP contribution >= 0.6 is 0 Å². The molecule has 2 rings (SSSR count). The van der Waals surface area contributed by atoms with E-state index >= 15 is 0 Å². The number of aliphatic hydroxyl groups excluding tert-OH is 1. The number of hydrogen-bond donors (Lipinski definition) is 2. The summed E-state index contributed by atoms with van der Waals surface area (Å²) in [5.74, 6) is 2.15. The molecule has 24 heavy (non-hydrogen) atoms. The van der Waals surface area contributed by atoms with Gasteiger partial charge in [-0.2, -0.15) is 0 Å². The molecule has 0 heterocycles. The molecule has 0 spiro atoms. The fraction of sp³-hybridized carbons (Fsp3) is 0.368. The molecule has 0 saturated heterocycles. The smallest absolute Gasteiger partial charge is 0.160 e.